The van der Waals surface area contributed by atoms with Crippen LogP contribution in [0, 0.1) is 6.92 Å². The van der Waals surface area contributed by atoms with E-state index in [1.54, 1.807) is 50.2 Å². The zero-order chi connectivity index (χ0) is 17.0. The van der Waals surface area contributed by atoms with Crippen molar-refractivity contribution < 1.29 is 14.3 Å². The van der Waals surface area contributed by atoms with Gasteiger partial charge in [0.25, 0.3) is 5.91 Å². The Hall–Kier alpha value is -2.01. The Morgan fingerprint density at radius 3 is 2.30 bits per heavy atom. The van der Waals surface area contributed by atoms with Crippen LogP contribution in [0.15, 0.2) is 46.9 Å². The van der Waals surface area contributed by atoms with Crippen LogP contribution in [0.3, 0.4) is 0 Å². The number of hydrogen-bond donors (Lipinski definition) is 0. The van der Waals surface area contributed by atoms with Crippen LogP contribution in [-0.4, -0.2) is 26.2 Å². The van der Waals surface area contributed by atoms with Gasteiger partial charge in [-0.05, 0) is 61.9 Å². The van der Waals surface area contributed by atoms with Gasteiger partial charge in [-0.1, -0.05) is 15.9 Å². The summed E-state index contributed by atoms with van der Waals surface area (Å²) in [5, 5.41) is 0. The first-order chi connectivity index (χ1) is 10.9. The predicted octanol–water partition coefficient (Wildman–Crippen LogP) is 4.20. The smallest absolute Gasteiger partial charge is 0.267 e. The summed E-state index contributed by atoms with van der Waals surface area (Å²) >= 11 is 3.43. The molecule has 0 radical (unpaired) electrons. The number of amides is 1. The highest BCUT2D eigenvalue weighted by Crippen LogP contribution is 2.24. The fourth-order valence-electron chi connectivity index (χ4n) is 2.30. The van der Waals surface area contributed by atoms with Gasteiger partial charge in [0.2, 0.25) is 0 Å². The molecule has 0 aliphatic carbocycles. The molecule has 2 aromatic carbocycles. The van der Waals surface area contributed by atoms with E-state index < -0.39 is 6.10 Å². The Morgan fingerprint density at radius 2 is 1.74 bits per heavy atom. The van der Waals surface area contributed by atoms with Crippen LogP contribution in [0.1, 0.15) is 12.5 Å². The van der Waals surface area contributed by atoms with Crippen LogP contribution < -0.4 is 14.4 Å². The molecule has 23 heavy (non-hydrogen) atoms. The Balaban J connectivity index is 2.08. The number of benzene rings is 2. The van der Waals surface area contributed by atoms with Gasteiger partial charge in [-0.15, -0.1) is 0 Å². The number of carbonyl (C=O) groups excluding carboxylic acids is 1. The second kappa shape index (κ2) is 7.51. The lowest BCUT2D eigenvalue weighted by atomic mass is 10.2. The Labute approximate surface area is 145 Å². The molecule has 0 bridgehead atoms. The molecule has 0 saturated heterocycles. The van der Waals surface area contributed by atoms with Crippen LogP contribution in [0.5, 0.6) is 11.5 Å². The molecule has 2 rings (SSSR count). The second-order valence-electron chi connectivity index (χ2n) is 5.26. The van der Waals surface area contributed by atoms with E-state index in [1.807, 2.05) is 25.1 Å². The lowest BCUT2D eigenvalue weighted by molar-refractivity contribution is -0.124. The van der Waals surface area contributed by atoms with Gasteiger partial charge in [0, 0.05) is 17.2 Å². The first-order valence-electron chi connectivity index (χ1n) is 7.27. The number of carbonyl (C=O) groups is 1. The van der Waals surface area contributed by atoms with Crippen molar-refractivity contribution in [3.63, 3.8) is 0 Å². The normalized spacial score (nSPS) is 11.7. The fraction of sp³-hybridized carbons (Fsp3) is 0.278. The monoisotopic (exact) mass is 377 g/mol. The molecule has 1 amide bonds. The SMILES string of the molecule is COc1ccc(O[C@@H](C)C(=O)N(C)c2ccc(Br)cc2C)cc1. The lowest BCUT2D eigenvalue weighted by Crippen LogP contribution is -2.38. The Morgan fingerprint density at radius 1 is 1.13 bits per heavy atom. The summed E-state index contributed by atoms with van der Waals surface area (Å²) in [6.07, 6.45) is -0.587. The summed E-state index contributed by atoms with van der Waals surface area (Å²) < 4.78 is 11.8. The molecule has 0 unspecified atom stereocenters. The zero-order valence-electron chi connectivity index (χ0n) is 13.7. The molecule has 0 spiro atoms. The summed E-state index contributed by atoms with van der Waals surface area (Å²) in [5.74, 6) is 1.28. The number of hydrogen-bond acceptors (Lipinski definition) is 3. The number of halogens is 1. The van der Waals surface area contributed by atoms with E-state index in [0.29, 0.717) is 5.75 Å². The van der Waals surface area contributed by atoms with Gasteiger partial charge < -0.3 is 14.4 Å². The first-order valence-corrected chi connectivity index (χ1v) is 8.06. The highest BCUT2D eigenvalue weighted by Gasteiger charge is 2.21. The third-order valence-electron chi connectivity index (χ3n) is 3.57. The van der Waals surface area contributed by atoms with Crippen LogP contribution in [-0.2, 0) is 4.79 Å². The van der Waals surface area contributed by atoms with Crippen molar-refractivity contribution in [2.45, 2.75) is 20.0 Å². The molecule has 122 valence electrons. The highest BCUT2D eigenvalue weighted by molar-refractivity contribution is 9.10. The number of nitrogens with zero attached hydrogens (tertiary/aromatic N) is 1. The molecular weight excluding hydrogens is 358 g/mol. The van der Waals surface area contributed by atoms with Crippen molar-refractivity contribution >= 4 is 27.5 Å². The predicted molar refractivity (Wildman–Crippen MR) is 95.4 cm³/mol. The van der Waals surface area contributed by atoms with Crippen molar-refractivity contribution in [2.24, 2.45) is 0 Å². The molecular formula is C18H20BrNO3. The number of likely N-dealkylation sites (N-methyl/N-ethyl adjacent to an activating group) is 1. The molecule has 5 heteroatoms. The van der Waals surface area contributed by atoms with E-state index in [0.717, 1.165) is 21.5 Å². The maximum Gasteiger partial charge on any atom is 0.267 e. The summed E-state index contributed by atoms with van der Waals surface area (Å²) in [7, 11) is 3.37. The average molecular weight is 378 g/mol. The minimum Gasteiger partial charge on any atom is -0.497 e. The van der Waals surface area contributed by atoms with Gasteiger partial charge in [0.15, 0.2) is 6.10 Å². The van der Waals surface area contributed by atoms with Crippen LogP contribution in [0.2, 0.25) is 0 Å². The van der Waals surface area contributed by atoms with Crippen molar-refractivity contribution in [1.29, 1.82) is 0 Å². The van der Waals surface area contributed by atoms with E-state index in [2.05, 4.69) is 15.9 Å². The maximum atomic E-state index is 12.6. The summed E-state index contributed by atoms with van der Waals surface area (Å²) in [4.78, 5) is 14.2. The molecule has 0 aliphatic heterocycles. The van der Waals surface area contributed by atoms with E-state index in [1.165, 1.54) is 0 Å². The van der Waals surface area contributed by atoms with Crippen molar-refractivity contribution in [2.75, 3.05) is 19.1 Å². The summed E-state index contributed by atoms with van der Waals surface area (Å²) in [6.45, 7) is 3.72. The van der Waals surface area contributed by atoms with E-state index in [9.17, 15) is 4.79 Å². The summed E-state index contributed by atoms with van der Waals surface area (Å²) in [5.41, 5.74) is 1.88. The van der Waals surface area contributed by atoms with E-state index in [-0.39, 0.29) is 5.91 Å². The van der Waals surface area contributed by atoms with Gasteiger partial charge in [0.05, 0.1) is 7.11 Å². The Kier molecular flexibility index (Phi) is 5.66. The molecule has 0 N–H and O–H groups in total. The quantitative estimate of drug-likeness (QED) is 0.783. The number of ether oxygens (including phenoxy) is 2. The molecule has 2 aromatic rings. The first kappa shape index (κ1) is 17.3. The number of rotatable bonds is 5. The van der Waals surface area contributed by atoms with Gasteiger partial charge in [-0.2, -0.15) is 0 Å². The third-order valence-corrected chi connectivity index (χ3v) is 4.06. The van der Waals surface area contributed by atoms with Gasteiger partial charge >= 0.3 is 0 Å². The van der Waals surface area contributed by atoms with E-state index in [4.69, 9.17) is 9.47 Å². The molecule has 0 saturated carbocycles. The molecule has 0 aliphatic rings. The van der Waals surface area contributed by atoms with Crippen LogP contribution in [0.4, 0.5) is 5.69 Å². The fourth-order valence-corrected chi connectivity index (χ4v) is 2.77. The third kappa shape index (κ3) is 4.26. The Bertz CT molecular complexity index is 685. The zero-order valence-corrected chi connectivity index (χ0v) is 15.3. The average Bonchev–Trinajstić information content (AvgIpc) is 2.54. The highest BCUT2D eigenvalue weighted by atomic mass is 79.9. The van der Waals surface area contributed by atoms with Crippen molar-refractivity contribution in [1.82, 2.24) is 0 Å². The van der Waals surface area contributed by atoms with Gasteiger partial charge in [-0.25, -0.2) is 0 Å². The molecule has 0 heterocycles. The van der Waals surface area contributed by atoms with Crippen molar-refractivity contribution in [3.8, 4) is 11.5 Å². The van der Waals surface area contributed by atoms with Crippen LogP contribution >= 0.6 is 15.9 Å². The molecule has 4 nitrogen and oxygen atoms in total. The lowest BCUT2D eigenvalue weighted by Gasteiger charge is -2.24. The van der Waals surface area contributed by atoms with Crippen LogP contribution in [0.25, 0.3) is 0 Å². The number of aryl methyl sites for hydroxylation is 1. The topological polar surface area (TPSA) is 38.8 Å². The summed E-state index contributed by atoms with van der Waals surface area (Å²) in [6, 6.07) is 13.0. The van der Waals surface area contributed by atoms with Crippen molar-refractivity contribution in [3.05, 3.63) is 52.5 Å². The van der Waals surface area contributed by atoms with Gasteiger partial charge in [-0.3, -0.25) is 4.79 Å². The number of methoxy groups -OCH3 is 1. The molecule has 1 atom stereocenters. The van der Waals surface area contributed by atoms with Gasteiger partial charge in [0.1, 0.15) is 11.5 Å². The molecule has 0 fully saturated rings. The number of anilines is 1. The largest absolute Gasteiger partial charge is 0.497 e. The second-order valence-corrected chi connectivity index (χ2v) is 6.18. The minimum atomic E-state index is -0.587. The van der Waals surface area contributed by atoms with E-state index >= 15 is 0 Å². The maximum absolute atomic E-state index is 12.6. The minimum absolute atomic E-state index is 0.105. The standard InChI is InChI=1S/C18H20BrNO3/c1-12-11-14(19)5-10-17(12)20(3)18(21)13(2)23-16-8-6-15(22-4)7-9-16/h5-11,13H,1-4H3/t13-/m0/s1. The molecule has 0 aromatic heterocycles.